The van der Waals surface area contributed by atoms with Crippen LogP contribution in [0.15, 0.2) is 0 Å². The molecule has 0 heterocycles. The van der Waals surface area contributed by atoms with Crippen molar-refractivity contribution in [3.8, 4) is 6.19 Å². The quantitative estimate of drug-likeness (QED) is 0.416. The van der Waals surface area contributed by atoms with Crippen molar-refractivity contribution in [2.75, 3.05) is 13.2 Å². The van der Waals surface area contributed by atoms with Gasteiger partial charge in [-0.25, -0.2) is 0 Å². The van der Waals surface area contributed by atoms with Gasteiger partial charge in [0.25, 0.3) is 0 Å². The van der Waals surface area contributed by atoms with E-state index in [1.54, 1.807) is 0 Å². The van der Waals surface area contributed by atoms with Crippen LogP contribution in [0.25, 0.3) is 0 Å². The molecule has 0 saturated carbocycles. The SMILES string of the molecule is CC(CCO)CNC#N. The third kappa shape index (κ3) is 5.12. The summed E-state index contributed by atoms with van der Waals surface area (Å²) in [5.41, 5.74) is 0. The Bertz CT molecular complexity index is 97.7. The maximum Gasteiger partial charge on any atom is 0.176 e. The molecular weight excluding hydrogens is 116 g/mol. The largest absolute Gasteiger partial charge is 0.396 e. The van der Waals surface area contributed by atoms with Crippen LogP contribution >= 0.6 is 0 Å². The molecule has 52 valence electrons. The molecule has 0 saturated heterocycles. The number of aliphatic hydroxyl groups excluding tert-OH is 1. The van der Waals surface area contributed by atoms with Gasteiger partial charge in [-0.1, -0.05) is 6.92 Å². The fourth-order valence-corrected chi connectivity index (χ4v) is 0.542. The molecule has 0 aliphatic heterocycles. The maximum absolute atomic E-state index is 8.43. The van der Waals surface area contributed by atoms with Crippen molar-refractivity contribution >= 4 is 0 Å². The molecule has 1 atom stereocenters. The van der Waals surface area contributed by atoms with E-state index in [0.717, 1.165) is 6.42 Å². The summed E-state index contributed by atoms with van der Waals surface area (Å²) in [5, 5.41) is 19.0. The van der Waals surface area contributed by atoms with E-state index in [9.17, 15) is 0 Å². The summed E-state index contributed by atoms with van der Waals surface area (Å²) < 4.78 is 0. The molecule has 9 heavy (non-hydrogen) atoms. The first kappa shape index (κ1) is 8.25. The van der Waals surface area contributed by atoms with Crippen LogP contribution in [0.1, 0.15) is 13.3 Å². The van der Waals surface area contributed by atoms with Crippen molar-refractivity contribution in [1.29, 1.82) is 5.26 Å². The lowest BCUT2D eigenvalue weighted by Crippen LogP contribution is -2.16. The first-order valence-electron chi connectivity index (χ1n) is 3.04. The van der Waals surface area contributed by atoms with Crippen molar-refractivity contribution in [2.24, 2.45) is 5.92 Å². The minimum absolute atomic E-state index is 0.203. The van der Waals surface area contributed by atoms with Crippen LogP contribution in [-0.4, -0.2) is 18.3 Å². The number of hydrogen-bond donors (Lipinski definition) is 2. The summed E-state index contributed by atoms with van der Waals surface area (Å²) in [6.07, 6.45) is 2.58. The number of nitrogens with zero attached hydrogens (tertiary/aromatic N) is 1. The van der Waals surface area contributed by atoms with Gasteiger partial charge in [0.05, 0.1) is 0 Å². The third-order valence-electron chi connectivity index (χ3n) is 1.15. The fourth-order valence-electron chi connectivity index (χ4n) is 0.542. The molecule has 0 rings (SSSR count). The van der Waals surface area contributed by atoms with E-state index >= 15 is 0 Å². The summed E-state index contributed by atoms with van der Waals surface area (Å²) in [6.45, 7) is 2.85. The Morgan fingerprint density at radius 1 is 1.78 bits per heavy atom. The third-order valence-corrected chi connectivity index (χ3v) is 1.15. The van der Waals surface area contributed by atoms with E-state index in [0.29, 0.717) is 12.5 Å². The fraction of sp³-hybridized carbons (Fsp3) is 0.833. The summed E-state index contributed by atoms with van der Waals surface area (Å²) in [7, 11) is 0. The molecule has 0 bridgehead atoms. The maximum atomic E-state index is 8.43. The molecule has 0 aliphatic carbocycles. The second-order valence-corrected chi connectivity index (χ2v) is 2.11. The van der Waals surface area contributed by atoms with Crippen LogP contribution in [0.2, 0.25) is 0 Å². The Hall–Kier alpha value is -0.750. The molecule has 1 unspecified atom stereocenters. The summed E-state index contributed by atoms with van der Waals surface area (Å²) >= 11 is 0. The highest BCUT2D eigenvalue weighted by Gasteiger charge is 1.97. The first-order valence-corrected chi connectivity index (χ1v) is 3.04. The molecule has 0 aliphatic rings. The number of hydrogen-bond acceptors (Lipinski definition) is 3. The molecule has 3 nitrogen and oxygen atoms in total. The molecule has 0 radical (unpaired) electrons. The van der Waals surface area contributed by atoms with Crippen LogP contribution in [-0.2, 0) is 0 Å². The van der Waals surface area contributed by atoms with Gasteiger partial charge in [0.15, 0.2) is 6.19 Å². The lowest BCUT2D eigenvalue weighted by atomic mass is 10.1. The average Bonchev–Trinajstić information content (AvgIpc) is 1.85. The molecule has 2 N–H and O–H groups in total. The topological polar surface area (TPSA) is 56.0 Å². The normalized spacial score (nSPS) is 12.1. The zero-order valence-electron chi connectivity index (χ0n) is 5.59. The van der Waals surface area contributed by atoms with Gasteiger partial charge in [-0.3, -0.25) is 0 Å². The minimum atomic E-state index is 0.203. The number of aliphatic hydroxyl groups is 1. The highest BCUT2D eigenvalue weighted by atomic mass is 16.3. The van der Waals surface area contributed by atoms with E-state index in [1.807, 2.05) is 13.1 Å². The first-order chi connectivity index (χ1) is 4.31. The zero-order valence-corrected chi connectivity index (χ0v) is 5.59. The van der Waals surface area contributed by atoms with E-state index in [-0.39, 0.29) is 6.61 Å². The van der Waals surface area contributed by atoms with Gasteiger partial charge in [0.2, 0.25) is 0 Å². The summed E-state index contributed by atoms with van der Waals surface area (Å²) in [4.78, 5) is 0. The zero-order chi connectivity index (χ0) is 7.11. The van der Waals surface area contributed by atoms with E-state index < -0.39 is 0 Å². The van der Waals surface area contributed by atoms with Gasteiger partial charge >= 0.3 is 0 Å². The van der Waals surface area contributed by atoms with E-state index in [2.05, 4.69) is 5.32 Å². The van der Waals surface area contributed by atoms with Crippen LogP contribution in [0.5, 0.6) is 0 Å². The Labute approximate surface area is 55.3 Å². The van der Waals surface area contributed by atoms with Crippen molar-refractivity contribution < 1.29 is 5.11 Å². The average molecular weight is 128 g/mol. The van der Waals surface area contributed by atoms with Crippen molar-refractivity contribution in [3.05, 3.63) is 0 Å². The van der Waals surface area contributed by atoms with E-state index in [4.69, 9.17) is 10.4 Å². The van der Waals surface area contributed by atoms with Crippen LogP contribution in [0, 0.1) is 17.4 Å². The van der Waals surface area contributed by atoms with Crippen LogP contribution in [0.4, 0.5) is 0 Å². The molecular formula is C6H12N2O. The van der Waals surface area contributed by atoms with Crippen LogP contribution in [0.3, 0.4) is 0 Å². The number of rotatable bonds is 4. The highest BCUT2D eigenvalue weighted by Crippen LogP contribution is 1.96. The molecule has 3 heteroatoms. The monoisotopic (exact) mass is 128 g/mol. The molecule has 0 spiro atoms. The second-order valence-electron chi connectivity index (χ2n) is 2.11. The molecule has 0 aromatic carbocycles. The lowest BCUT2D eigenvalue weighted by molar-refractivity contribution is 0.262. The molecule has 0 amide bonds. The van der Waals surface area contributed by atoms with Gasteiger partial charge in [-0.15, -0.1) is 0 Å². The molecule has 0 aromatic rings. The van der Waals surface area contributed by atoms with Crippen molar-refractivity contribution in [3.63, 3.8) is 0 Å². The number of nitriles is 1. The predicted octanol–water partition coefficient (Wildman–Crippen LogP) is 0.0756. The summed E-state index contributed by atoms with van der Waals surface area (Å²) in [5.74, 6) is 0.384. The van der Waals surface area contributed by atoms with Crippen molar-refractivity contribution in [1.82, 2.24) is 5.32 Å². The minimum Gasteiger partial charge on any atom is -0.396 e. The number of nitrogens with one attached hydrogen (secondary N) is 1. The van der Waals surface area contributed by atoms with Gasteiger partial charge in [-0.2, -0.15) is 5.26 Å². The van der Waals surface area contributed by atoms with E-state index in [1.165, 1.54) is 0 Å². The Morgan fingerprint density at radius 3 is 2.89 bits per heavy atom. The highest BCUT2D eigenvalue weighted by molar-refractivity contribution is 4.67. The predicted molar refractivity (Wildman–Crippen MR) is 34.5 cm³/mol. The summed E-state index contributed by atoms with van der Waals surface area (Å²) in [6, 6.07) is 0. The van der Waals surface area contributed by atoms with Gasteiger partial charge in [-0.05, 0) is 12.3 Å². The Kier molecular flexibility index (Phi) is 4.94. The van der Waals surface area contributed by atoms with Gasteiger partial charge in [0.1, 0.15) is 0 Å². The standard InChI is InChI=1S/C6H12N2O/c1-6(2-3-9)4-8-5-7/h6,8-9H,2-4H2,1H3. The van der Waals surface area contributed by atoms with Gasteiger partial charge in [0, 0.05) is 13.2 Å². The van der Waals surface area contributed by atoms with Crippen molar-refractivity contribution in [2.45, 2.75) is 13.3 Å². The second kappa shape index (κ2) is 5.39. The Balaban J connectivity index is 3.07. The van der Waals surface area contributed by atoms with Gasteiger partial charge < -0.3 is 10.4 Å². The van der Waals surface area contributed by atoms with Crippen LogP contribution < -0.4 is 5.32 Å². The lowest BCUT2D eigenvalue weighted by Gasteiger charge is -2.05. The molecule has 0 fully saturated rings. The smallest absolute Gasteiger partial charge is 0.176 e. The molecule has 0 aromatic heterocycles. The Morgan fingerprint density at radius 2 is 2.44 bits per heavy atom.